The van der Waals surface area contributed by atoms with E-state index in [9.17, 15) is 0 Å². The van der Waals surface area contributed by atoms with Gasteiger partial charge in [-0.1, -0.05) is 53.2 Å². The number of aryl methyl sites for hydroxylation is 3. The Hall–Kier alpha value is -0.823. The monoisotopic (exact) mass is 218 g/mol. The minimum atomic E-state index is -1.31. The third-order valence-corrected chi connectivity index (χ3v) is 6.46. The fourth-order valence-corrected chi connectivity index (χ4v) is 5.92. The van der Waals surface area contributed by atoms with Crippen molar-refractivity contribution in [2.24, 2.45) is 0 Å². The molecule has 0 radical (unpaired) electrons. The van der Waals surface area contributed by atoms with Crippen molar-refractivity contribution in [3.63, 3.8) is 0 Å². The molecule has 0 amide bonds. The van der Waals surface area contributed by atoms with Crippen LogP contribution in [0.3, 0.4) is 0 Å². The first-order valence-electron chi connectivity index (χ1n) is 5.57. The van der Waals surface area contributed by atoms with E-state index in [0.29, 0.717) is 0 Å². The minimum absolute atomic E-state index is 1.16. The molecular weight excluding hydrogens is 196 g/mol. The van der Waals surface area contributed by atoms with Crippen molar-refractivity contribution in [1.82, 2.24) is 0 Å². The van der Waals surface area contributed by atoms with Crippen molar-refractivity contribution < 1.29 is 0 Å². The van der Waals surface area contributed by atoms with Crippen LogP contribution in [0.25, 0.3) is 0 Å². The van der Waals surface area contributed by atoms with Gasteiger partial charge in [0, 0.05) is 0 Å². The number of benzene rings is 1. The molecule has 0 saturated heterocycles. The van der Waals surface area contributed by atoms with Gasteiger partial charge in [-0.25, -0.2) is 0 Å². The van der Waals surface area contributed by atoms with E-state index in [1.807, 2.05) is 0 Å². The van der Waals surface area contributed by atoms with Crippen LogP contribution in [0.1, 0.15) is 16.7 Å². The molecule has 82 valence electrons. The zero-order valence-corrected chi connectivity index (χ0v) is 11.6. The molecule has 1 heteroatoms. The van der Waals surface area contributed by atoms with E-state index in [4.69, 9.17) is 0 Å². The van der Waals surface area contributed by atoms with Gasteiger partial charge in [0.25, 0.3) is 0 Å². The topological polar surface area (TPSA) is 0 Å². The normalized spacial score (nSPS) is 11.5. The van der Waals surface area contributed by atoms with Crippen molar-refractivity contribution in [1.29, 1.82) is 0 Å². The van der Waals surface area contributed by atoms with E-state index < -0.39 is 8.07 Å². The van der Waals surface area contributed by atoms with Gasteiger partial charge in [-0.2, -0.15) is 0 Å². The Morgan fingerprint density at radius 2 is 1.60 bits per heavy atom. The molecule has 1 aromatic rings. The Balaban J connectivity index is 3.30. The standard InChI is InChI=1S/C14H22Si/c1-7-8-15(5,6)14-12(3)9-11(2)10-13(14)4/h7,9-10H,1,8H2,2-6H3. The molecule has 0 aliphatic carbocycles. The SMILES string of the molecule is C=CC[Si](C)(C)c1c(C)cc(C)cc1C. The summed E-state index contributed by atoms with van der Waals surface area (Å²) in [7, 11) is -1.31. The van der Waals surface area contributed by atoms with E-state index in [2.05, 4.69) is 58.7 Å². The maximum absolute atomic E-state index is 3.88. The Morgan fingerprint density at radius 3 is 2.00 bits per heavy atom. The molecule has 0 nitrogen and oxygen atoms in total. The molecular formula is C14H22Si. The molecule has 1 rings (SSSR count). The van der Waals surface area contributed by atoms with Gasteiger partial charge in [0.1, 0.15) is 0 Å². The van der Waals surface area contributed by atoms with Crippen LogP contribution in [-0.2, 0) is 0 Å². The highest BCUT2D eigenvalue weighted by Crippen LogP contribution is 2.16. The quantitative estimate of drug-likeness (QED) is 0.536. The number of rotatable bonds is 3. The lowest BCUT2D eigenvalue weighted by Crippen LogP contribution is -2.44. The van der Waals surface area contributed by atoms with Gasteiger partial charge in [0.15, 0.2) is 0 Å². The molecule has 0 spiro atoms. The molecule has 0 unspecified atom stereocenters. The van der Waals surface area contributed by atoms with Gasteiger partial charge in [0.05, 0.1) is 8.07 Å². The Bertz CT molecular complexity index is 352. The molecule has 0 atom stereocenters. The van der Waals surface area contributed by atoms with Crippen LogP contribution in [-0.4, -0.2) is 8.07 Å². The number of hydrogen-bond acceptors (Lipinski definition) is 0. The lowest BCUT2D eigenvalue weighted by Gasteiger charge is -2.26. The second-order valence-corrected chi connectivity index (χ2v) is 9.83. The van der Waals surface area contributed by atoms with Crippen LogP contribution >= 0.6 is 0 Å². The van der Waals surface area contributed by atoms with Crippen molar-refractivity contribution in [3.05, 3.63) is 41.5 Å². The fourth-order valence-electron chi connectivity index (χ4n) is 2.71. The molecule has 0 bridgehead atoms. The van der Waals surface area contributed by atoms with Crippen LogP contribution in [0.5, 0.6) is 0 Å². The van der Waals surface area contributed by atoms with Gasteiger partial charge in [0.2, 0.25) is 0 Å². The molecule has 0 aromatic heterocycles. The maximum atomic E-state index is 3.88. The van der Waals surface area contributed by atoms with Gasteiger partial charge >= 0.3 is 0 Å². The smallest absolute Gasteiger partial charge is 0.0850 e. The predicted octanol–water partition coefficient (Wildman–Crippen LogP) is 3.71. The van der Waals surface area contributed by atoms with Crippen LogP contribution in [0.15, 0.2) is 24.8 Å². The Kier molecular flexibility index (Phi) is 3.56. The van der Waals surface area contributed by atoms with Gasteiger partial charge < -0.3 is 0 Å². The second-order valence-electron chi connectivity index (χ2n) is 5.15. The highest BCUT2D eigenvalue weighted by Gasteiger charge is 2.25. The third-order valence-electron chi connectivity index (χ3n) is 3.01. The minimum Gasteiger partial charge on any atom is -0.103 e. The Labute approximate surface area is 95.0 Å². The first-order valence-corrected chi connectivity index (χ1v) is 8.78. The van der Waals surface area contributed by atoms with E-state index in [1.54, 1.807) is 5.19 Å². The molecule has 0 saturated carbocycles. The lowest BCUT2D eigenvalue weighted by atomic mass is 10.1. The summed E-state index contributed by atoms with van der Waals surface area (Å²) >= 11 is 0. The number of hydrogen-bond donors (Lipinski definition) is 0. The Morgan fingerprint density at radius 1 is 1.13 bits per heavy atom. The number of allylic oxidation sites excluding steroid dienone is 1. The highest BCUT2D eigenvalue weighted by molar-refractivity contribution is 6.90. The third kappa shape index (κ3) is 2.60. The van der Waals surface area contributed by atoms with Crippen LogP contribution in [0, 0.1) is 20.8 Å². The highest BCUT2D eigenvalue weighted by atomic mass is 28.3. The van der Waals surface area contributed by atoms with Crippen LogP contribution in [0.2, 0.25) is 19.1 Å². The van der Waals surface area contributed by atoms with Gasteiger partial charge in [-0.3, -0.25) is 0 Å². The van der Waals surface area contributed by atoms with Gasteiger partial charge in [-0.15, -0.1) is 6.58 Å². The summed E-state index contributed by atoms with van der Waals surface area (Å²) in [5.74, 6) is 0. The first-order chi connectivity index (χ1) is 6.88. The molecule has 0 aliphatic heterocycles. The van der Waals surface area contributed by atoms with E-state index in [-0.39, 0.29) is 0 Å². The summed E-state index contributed by atoms with van der Waals surface area (Å²) in [6.45, 7) is 15.4. The molecule has 0 heterocycles. The first kappa shape index (κ1) is 12.2. The average Bonchev–Trinajstić information content (AvgIpc) is 1.99. The molecule has 1 aromatic carbocycles. The van der Waals surface area contributed by atoms with Crippen molar-refractivity contribution in [2.45, 2.75) is 39.9 Å². The van der Waals surface area contributed by atoms with Crippen molar-refractivity contribution in [3.8, 4) is 0 Å². The fraction of sp³-hybridized carbons (Fsp3) is 0.429. The molecule has 0 fully saturated rings. The summed E-state index contributed by atoms with van der Waals surface area (Å²) in [6.07, 6.45) is 2.07. The van der Waals surface area contributed by atoms with Crippen LogP contribution < -0.4 is 5.19 Å². The average molecular weight is 218 g/mol. The second kappa shape index (κ2) is 4.36. The van der Waals surface area contributed by atoms with Crippen molar-refractivity contribution in [2.75, 3.05) is 0 Å². The predicted molar refractivity (Wildman–Crippen MR) is 72.8 cm³/mol. The van der Waals surface area contributed by atoms with E-state index >= 15 is 0 Å². The largest absolute Gasteiger partial charge is 0.103 e. The summed E-state index contributed by atoms with van der Waals surface area (Å²) in [6, 6.07) is 5.78. The molecule has 0 aliphatic rings. The molecule has 15 heavy (non-hydrogen) atoms. The van der Waals surface area contributed by atoms with Crippen LogP contribution in [0.4, 0.5) is 0 Å². The van der Waals surface area contributed by atoms with E-state index in [1.165, 1.54) is 16.7 Å². The summed E-state index contributed by atoms with van der Waals surface area (Å²) in [5, 5.41) is 1.62. The summed E-state index contributed by atoms with van der Waals surface area (Å²) in [4.78, 5) is 0. The van der Waals surface area contributed by atoms with Crippen molar-refractivity contribution >= 4 is 13.3 Å². The van der Waals surface area contributed by atoms with Gasteiger partial charge in [-0.05, 0) is 26.8 Å². The summed E-state index contributed by atoms with van der Waals surface area (Å²) in [5.41, 5.74) is 4.30. The zero-order chi connectivity index (χ0) is 11.6. The lowest BCUT2D eigenvalue weighted by molar-refractivity contribution is 1.33. The maximum Gasteiger partial charge on any atom is 0.0850 e. The van der Waals surface area contributed by atoms with E-state index in [0.717, 1.165) is 6.04 Å². The molecule has 0 N–H and O–H groups in total. The summed E-state index contributed by atoms with van der Waals surface area (Å²) < 4.78 is 0. The zero-order valence-electron chi connectivity index (χ0n) is 10.6.